The van der Waals surface area contributed by atoms with Crippen LogP contribution < -0.4 is 9.62 Å². The summed E-state index contributed by atoms with van der Waals surface area (Å²) in [5, 5.41) is 2.72. The fourth-order valence-electron chi connectivity index (χ4n) is 3.77. The number of sulfonamides is 1. The number of carbonyl (C=O) groups excluding carboxylic acids is 2. The van der Waals surface area contributed by atoms with Crippen LogP contribution in [0.3, 0.4) is 0 Å². The van der Waals surface area contributed by atoms with Crippen LogP contribution in [0.4, 0.5) is 10.1 Å². The number of benzene rings is 3. The molecule has 36 heavy (non-hydrogen) atoms. The first-order valence-corrected chi connectivity index (χ1v) is 13.0. The van der Waals surface area contributed by atoms with Gasteiger partial charge < -0.3 is 10.2 Å². The molecule has 7 nitrogen and oxygen atoms in total. The molecule has 3 aromatic carbocycles. The molecule has 1 N–H and O–H groups in total. The van der Waals surface area contributed by atoms with Crippen LogP contribution in [0.5, 0.6) is 0 Å². The lowest BCUT2D eigenvalue weighted by Gasteiger charge is -2.32. The third-order valence-corrected chi connectivity index (χ3v) is 7.47. The summed E-state index contributed by atoms with van der Waals surface area (Å²) in [5.41, 5.74) is 2.08. The molecule has 3 rings (SSSR count). The standard InChI is InChI=1S/C27H30FN3O4S/c1-4-29-27(33)21(3)30(18-22-10-8-9-20(2)17-22)26(32)19-31(24-11-6-5-7-12-24)36(34,35)25-15-13-23(28)14-16-25/h5-17,21H,4,18-19H2,1-3H3,(H,29,33)/t21-/m1/s1. The zero-order chi connectivity index (χ0) is 26.3. The van der Waals surface area contributed by atoms with E-state index in [1.807, 2.05) is 31.2 Å². The number of aryl methyl sites for hydroxylation is 1. The van der Waals surface area contributed by atoms with Crippen molar-refractivity contribution in [2.24, 2.45) is 0 Å². The molecular formula is C27H30FN3O4S. The van der Waals surface area contributed by atoms with Crippen molar-refractivity contribution in [1.29, 1.82) is 0 Å². The number of halogens is 1. The number of rotatable bonds is 10. The minimum atomic E-state index is -4.22. The molecule has 0 aliphatic heterocycles. The van der Waals surface area contributed by atoms with E-state index in [1.165, 1.54) is 4.90 Å². The van der Waals surface area contributed by atoms with E-state index < -0.39 is 34.3 Å². The number of nitrogens with zero attached hydrogens (tertiary/aromatic N) is 2. The van der Waals surface area contributed by atoms with E-state index in [-0.39, 0.29) is 23.0 Å². The number of amides is 2. The molecule has 0 aliphatic carbocycles. The monoisotopic (exact) mass is 511 g/mol. The summed E-state index contributed by atoms with van der Waals surface area (Å²) in [6, 6.07) is 19.3. The molecule has 3 aromatic rings. The summed E-state index contributed by atoms with van der Waals surface area (Å²) in [6.07, 6.45) is 0. The molecule has 1 atom stereocenters. The Balaban J connectivity index is 2.00. The first-order chi connectivity index (χ1) is 17.1. The molecule has 9 heteroatoms. The van der Waals surface area contributed by atoms with Crippen molar-refractivity contribution in [1.82, 2.24) is 10.2 Å². The van der Waals surface area contributed by atoms with Crippen molar-refractivity contribution < 1.29 is 22.4 Å². The third-order valence-electron chi connectivity index (χ3n) is 5.68. The van der Waals surface area contributed by atoms with Crippen LogP contribution in [0.25, 0.3) is 0 Å². The van der Waals surface area contributed by atoms with Crippen molar-refractivity contribution in [2.45, 2.75) is 38.3 Å². The number of nitrogens with one attached hydrogen (secondary N) is 1. The number of para-hydroxylation sites is 1. The SMILES string of the molecule is CCNC(=O)[C@@H](C)N(Cc1cccc(C)c1)C(=O)CN(c1ccccc1)S(=O)(=O)c1ccc(F)cc1. The van der Waals surface area contributed by atoms with Gasteiger partial charge in [-0.25, -0.2) is 12.8 Å². The lowest BCUT2D eigenvalue weighted by atomic mass is 10.1. The molecule has 0 radical (unpaired) electrons. The van der Waals surface area contributed by atoms with Gasteiger partial charge >= 0.3 is 0 Å². The minimum Gasteiger partial charge on any atom is -0.355 e. The van der Waals surface area contributed by atoms with Crippen LogP contribution >= 0.6 is 0 Å². The number of anilines is 1. The Morgan fingerprint density at radius 1 is 0.972 bits per heavy atom. The Kier molecular flexibility index (Phi) is 8.82. The van der Waals surface area contributed by atoms with Gasteiger partial charge in [-0.15, -0.1) is 0 Å². The summed E-state index contributed by atoms with van der Waals surface area (Å²) >= 11 is 0. The van der Waals surface area contributed by atoms with Gasteiger partial charge in [0, 0.05) is 13.1 Å². The van der Waals surface area contributed by atoms with Gasteiger partial charge in [-0.2, -0.15) is 0 Å². The normalized spacial score (nSPS) is 12.0. The number of hydrogen-bond acceptors (Lipinski definition) is 4. The van der Waals surface area contributed by atoms with Crippen LogP contribution in [0.15, 0.2) is 83.8 Å². The van der Waals surface area contributed by atoms with Crippen LogP contribution in [-0.2, 0) is 26.2 Å². The first-order valence-electron chi connectivity index (χ1n) is 11.6. The largest absolute Gasteiger partial charge is 0.355 e. The topological polar surface area (TPSA) is 86.8 Å². The molecule has 0 saturated heterocycles. The first kappa shape index (κ1) is 26.9. The maximum absolute atomic E-state index is 13.7. The van der Waals surface area contributed by atoms with E-state index in [9.17, 15) is 22.4 Å². The predicted octanol–water partition coefficient (Wildman–Crippen LogP) is 3.88. The van der Waals surface area contributed by atoms with Crippen molar-refractivity contribution in [3.63, 3.8) is 0 Å². The average Bonchev–Trinajstić information content (AvgIpc) is 2.86. The van der Waals surface area contributed by atoms with Crippen LogP contribution in [0, 0.1) is 12.7 Å². The zero-order valence-electron chi connectivity index (χ0n) is 20.5. The highest BCUT2D eigenvalue weighted by molar-refractivity contribution is 7.92. The van der Waals surface area contributed by atoms with Gasteiger partial charge in [-0.1, -0.05) is 48.0 Å². The lowest BCUT2D eigenvalue weighted by molar-refractivity contribution is -0.139. The minimum absolute atomic E-state index is 0.123. The number of likely N-dealkylation sites (N-methyl/N-ethyl adjacent to an activating group) is 1. The van der Waals surface area contributed by atoms with Crippen molar-refractivity contribution in [3.05, 3.63) is 95.8 Å². The fraction of sp³-hybridized carbons (Fsp3) is 0.259. The Hall–Kier alpha value is -3.72. The maximum Gasteiger partial charge on any atom is 0.264 e. The van der Waals surface area contributed by atoms with Crippen molar-refractivity contribution in [3.8, 4) is 0 Å². The van der Waals surface area contributed by atoms with Gasteiger partial charge in [0.25, 0.3) is 10.0 Å². The summed E-state index contributed by atoms with van der Waals surface area (Å²) in [4.78, 5) is 27.6. The van der Waals surface area contributed by atoms with Gasteiger partial charge in [0.1, 0.15) is 18.4 Å². The van der Waals surface area contributed by atoms with E-state index in [2.05, 4.69) is 5.32 Å². The number of hydrogen-bond donors (Lipinski definition) is 1. The second-order valence-corrected chi connectivity index (χ2v) is 10.2. The predicted molar refractivity (Wildman–Crippen MR) is 137 cm³/mol. The summed E-state index contributed by atoms with van der Waals surface area (Å²) in [7, 11) is -4.22. The summed E-state index contributed by atoms with van der Waals surface area (Å²) in [6.45, 7) is 5.29. The smallest absolute Gasteiger partial charge is 0.264 e. The quantitative estimate of drug-likeness (QED) is 0.448. The van der Waals surface area contributed by atoms with Gasteiger partial charge in [-0.05, 0) is 62.7 Å². The summed E-state index contributed by atoms with van der Waals surface area (Å²) < 4.78 is 41.6. The fourth-order valence-corrected chi connectivity index (χ4v) is 5.18. The highest BCUT2D eigenvalue weighted by atomic mass is 32.2. The van der Waals surface area contributed by atoms with Gasteiger partial charge in [-0.3, -0.25) is 13.9 Å². The van der Waals surface area contributed by atoms with E-state index in [0.29, 0.717) is 6.54 Å². The second-order valence-electron chi connectivity index (χ2n) is 8.38. The van der Waals surface area contributed by atoms with Gasteiger partial charge in [0.2, 0.25) is 11.8 Å². The molecule has 0 bridgehead atoms. The van der Waals surface area contributed by atoms with E-state index in [1.54, 1.807) is 44.2 Å². The van der Waals surface area contributed by atoms with Crippen LogP contribution in [0.1, 0.15) is 25.0 Å². The summed E-state index contributed by atoms with van der Waals surface area (Å²) in [5.74, 6) is -1.47. The van der Waals surface area contributed by atoms with Crippen LogP contribution in [0.2, 0.25) is 0 Å². The number of carbonyl (C=O) groups is 2. The van der Waals surface area contributed by atoms with Gasteiger partial charge in [0.15, 0.2) is 0 Å². The average molecular weight is 512 g/mol. The molecule has 0 spiro atoms. The molecule has 0 saturated carbocycles. The zero-order valence-corrected chi connectivity index (χ0v) is 21.3. The van der Waals surface area contributed by atoms with Crippen molar-refractivity contribution in [2.75, 3.05) is 17.4 Å². The van der Waals surface area contributed by atoms with E-state index in [0.717, 1.165) is 39.7 Å². The molecule has 190 valence electrons. The molecule has 0 aromatic heterocycles. The molecule has 2 amide bonds. The van der Waals surface area contributed by atoms with Crippen molar-refractivity contribution >= 4 is 27.5 Å². The second kappa shape index (κ2) is 11.8. The highest BCUT2D eigenvalue weighted by Gasteiger charge is 2.32. The lowest BCUT2D eigenvalue weighted by Crippen LogP contribution is -2.51. The maximum atomic E-state index is 13.7. The van der Waals surface area contributed by atoms with Gasteiger partial charge in [0.05, 0.1) is 10.6 Å². The molecule has 0 heterocycles. The Morgan fingerprint density at radius 3 is 2.25 bits per heavy atom. The molecule has 0 aliphatic rings. The highest BCUT2D eigenvalue weighted by Crippen LogP contribution is 2.24. The third kappa shape index (κ3) is 6.48. The van der Waals surface area contributed by atoms with E-state index in [4.69, 9.17) is 0 Å². The molecule has 0 unspecified atom stereocenters. The molecule has 0 fully saturated rings. The Morgan fingerprint density at radius 2 is 1.64 bits per heavy atom. The van der Waals surface area contributed by atoms with Crippen LogP contribution in [-0.4, -0.2) is 44.3 Å². The Labute approximate surface area is 211 Å². The molecular weight excluding hydrogens is 481 g/mol. The van der Waals surface area contributed by atoms with E-state index >= 15 is 0 Å². The Bertz CT molecular complexity index is 1300.